The molecule has 162 valence electrons. The first kappa shape index (κ1) is 21.4. The van der Waals surface area contributed by atoms with E-state index in [9.17, 15) is 14.4 Å². The van der Waals surface area contributed by atoms with Gasteiger partial charge in [-0.3, -0.25) is 15.0 Å². The van der Waals surface area contributed by atoms with Gasteiger partial charge in [0.25, 0.3) is 5.91 Å². The summed E-state index contributed by atoms with van der Waals surface area (Å²) in [5.74, 6) is -0.0458. The molecule has 0 bridgehead atoms. The minimum Gasteiger partial charge on any atom is -0.322 e. The third kappa shape index (κ3) is 4.61. The lowest BCUT2D eigenvalue weighted by Gasteiger charge is -2.33. The molecule has 2 N–H and O–H groups in total. The molecule has 4 rings (SSSR count). The van der Waals surface area contributed by atoms with Crippen molar-refractivity contribution in [3.8, 4) is 0 Å². The van der Waals surface area contributed by atoms with Gasteiger partial charge in [-0.2, -0.15) is 5.01 Å². The van der Waals surface area contributed by atoms with Crippen molar-refractivity contribution < 1.29 is 14.4 Å². The number of nitrogens with one attached hydrogen (secondary N) is 2. The van der Waals surface area contributed by atoms with E-state index in [1.165, 1.54) is 11.8 Å². The Labute approximate surface area is 186 Å². The molecule has 2 fully saturated rings. The maximum Gasteiger partial charge on any atom is 0.344 e. The molecular weight excluding hydrogens is 410 g/mol. The number of benzene rings is 2. The predicted molar refractivity (Wildman–Crippen MR) is 121 cm³/mol. The van der Waals surface area contributed by atoms with Crippen LogP contribution in [0.25, 0.3) is 0 Å². The van der Waals surface area contributed by atoms with Crippen molar-refractivity contribution in [1.29, 1.82) is 0 Å². The van der Waals surface area contributed by atoms with Crippen molar-refractivity contribution in [2.24, 2.45) is 5.92 Å². The number of hydrogen-bond acceptors (Lipinski definition) is 4. The average molecular weight is 438 g/mol. The second-order valence-corrected chi connectivity index (χ2v) is 9.48. The fourth-order valence-corrected chi connectivity index (χ4v) is 5.35. The van der Waals surface area contributed by atoms with Crippen LogP contribution in [0.1, 0.15) is 49.0 Å². The second-order valence-electron chi connectivity index (χ2n) is 8.38. The van der Waals surface area contributed by atoms with Gasteiger partial charge in [-0.25, -0.2) is 4.79 Å². The fraction of sp³-hybridized carbons (Fsp3) is 0.375. The highest BCUT2D eigenvalue weighted by Gasteiger charge is 2.52. The van der Waals surface area contributed by atoms with Crippen LogP contribution in [-0.2, 0) is 9.59 Å². The fourth-order valence-electron chi connectivity index (χ4n) is 4.27. The minimum absolute atomic E-state index is 0.0255. The second kappa shape index (κ2) is 9.14. The molecule has 1 spiro atoms. The van der Waals surface area contributed by atoms with Gasteiger partial charge in [-0.05, 0) is 42.7 Å². The van der Waals surface area contributed by atoms with Crippen LogP contribution < -0.4 is 10.7 Å². The van der Waals surface area contributed by atoms with Crippen LogP contribution in [0.5, 0.6) is 0 Å². The Hall–Kier alpha value is -2.80. The van der Waals surface area contributed by atoms with Crippen molar-refractivity contribution in [1.82, 2.24) is 15.8 Å². The summed E-state index contributed by atoms with van der Waals surface area (Å²) in [4.78, 5) is 38.0. The van der Waals surface area contributed by atoms with Crippen molar-refractivity contribution in [3.63, 3.8) is 0 Å². The first-order valence-corrected chi connectivity index (χ1v) is 11.7. The van der Waals surface area contributed by atoms with E-state index in [0.717, 1.165) is 29.0 Å². The topological polar surface area (TPSA) is 78.5 Å². The standard InChI is InChI=1S/C24H27N3O3S/c1-17-12-14-24(15-13-17)22(29)27(23(30)25-24)26-20(28)16-31-21(18-8-4-2-5-9-18)19-10-6-3-7-11-19/h2-11,17,21H,12-16H2,1H3,(H,25,30)(H,26,28). The number of amides is 4. The van der Waals surface area contributed by atoms with Gasteiger partial charge in [0.05, 0.1) is 11.0 Å². The van der Waals surface area contributed by atoms with Gasteiger partial charge in [0.2, 0.25) is 5.91 Å². The van der Waals surface area contributed by atoms with Gasteiger partial charge >= 0.3 is 6.03 Å². The first-order chi connectivity index (χ1) is 15.0. The molecule has 1 saturated heterocycles. The predicted octanol–water partition coefficient (Wildman–Crippen LogP) is 4.04. The third-order valence-electron chi connectivity index (χ3n) is 6.11. The Balaban J connectivity index is 1.41. The maximum atomic E-state index is 12.9. The number of urea groups is 1. The Kier molecular flexibility index (Phi) is 6.32. The van der Waals surface area contributed by atoms with Gasteiger partial charge in [-0.15, -0.1) is 11.8 Å². The summed E-state index contributed by atoms with van der Waals surface area (Å²) in [6.07, 6.45) is 3.01. The van der Waals surface area contributed by atoms with Crippen LogP contribution in [0.2, 0.25) is 0 Å². The Morgan fingerprint density at radius 2 is 1.61 bits per heavy atom. The number of hydrogen-bond donors (Lipinski definition) is 2. The molecule has 2 aromatic carbocycles. The lowest BCUT2D eigenvalue weighted by Crippen LogP contribution is -2.51. The monoisotopic (exact) mass is 437 g/mol. The molecular formula is C24H27N3O3S. The molecule has 1 heterocycles. The molecule has 2 aromatic rings. The highest BCUT2D eigenvalue weighted by atomic mass is 32.2. The summed E-state index contributed by atoms with van der Waals surface area (Å²) in [5, 5.41) is 3.68. The molecule has 0 unspecified atom stereocenters. The first-order valence-electron chi connectivity index (χ1n) is 10.7. The minimum atomic E-state index is -0.860. The van der Waals surface area contributed by atoms with E-state index in [1.807, 2.05) is 60.7 Å². The zero-order valence-corrected chi connectivity index (χ0v) is 18.4. The zero-order chi connectivity index (χ0) is 21.8. The number of rotatable bonds is 6. The summed E-state index contributed by atoms with van der Waals surface area (Å²) >= 11 is 1.47. The summed E-state index contributed by atoms with van der Waals surface area (Å²) < 4.78 is 0. The number of carbonyl (C=O) groups is 3. The number of imide groups is 1. The van der Waals surface area contributed by atoms with E-state index >= 15 is 0 Å². The van der Waals surface area contributed by atoms with Gasteiger partial charge in [0.15, 0.2) is 0 Å². The van der Waals surface area contributed by atoms with Crippen LogP contribution >= 0.6 is 11.8 Å². The number of nitrogens with zero attached hydrogens (tertiary/aromatic N) is 1. The molecule has 0 radical (unpaired) electrons. The van der Waals surface area contributed by atoms with E-state index in [-0.39, 0.29) is 22.8 Å². The molecule has 1 aliphatic carbocycles. The number of carbonyl (C=O) groups excluding carboxylic acids is 3. The molecule has 4 amide bonds. The van der Waals surface area contributed by atoms with Crippen molar-refractivity contribution in [3.05, 3.63) is 71.8 Å². The van der Waals surface area contributed by atoms with E-state index < -0.39 is 11.6 Å². The van der Waals surface area contributed by atoms with E-state index in [1.54, 1.807) is 0 Å². The summed E-state index contributed by atoms with van der Waals surface area (Å²) in [5.41, 5.74) is 3.86. The maximum absolute atomic E-state index is 12.9. The van der Waals surface area contributed by atoms with Gasteiger partial charge < -0.3 is 5.32 Å². The van der Waals surface area contributed by atoms with Gasteiger partial charge in [-0.1, -0.05) is 67.6 Å². The number of thioether (sulfide) groups is 1. The average Bonchev–Trinajstić information content (AvgIpc) is 3.01. The summed E-state index contributed by atoms with van der Waals surface area (Å²) in [6, 6.07) is 19.4. The molecule has 7 heteroatoms. The highest BCUT2D eigenvalue weighted by Crippen LogP contribution is 2.37. The molecule has 0 atom stereocenters. The molecule has 1 saturated carbocycles. The van der Waals surface area contributed by atoms with Crippen LogP contribution in [0, 0.1) is 5.92 Å². The van der Waals surface area contributed by atoms with Crippen molar-refractivity contribution >= 4 is 29.6 Å². The van der Waals surface area contributed by atoms with Crippen LogP contribution in [0.4, 0.5) is 4.79 Å². The lowest BCUT2D eigenvalue weighted by atomic mass is 9.77. The van der Waals surface area contributed by atoms with Crippen LogP contribution in [-0.4, -0.2) is 34.1 Å². The Bertz CT molecular complexity index is 904. The van der Waals surface area contributed by atoms with E-state index in [2.05, 4.69) is 17.7 Å². The van der Waals surface area contributed by atoms with Crippen LogP contribution in [0.15, 0.2) is 60.7 Å². The van der Waals surface area contributed by atoms with E-state index in [0.29, 0.717) is 18.8 Å². The molecule has 1 aliphatic heterocycles. The molecule has 31 heavy (non-hydrogen) atoms. The quantitative estimate of drug-likeness (QED) is 0.669. The zero-order valence-electron chi connectivity index (χ0n) is 17.5. The molecule has 0 aromatic heterocycles. The lowest BCUT2D eigenvalue weighted by molar-refractivity contribution is -0.139. The Morgan fingerprint density at radius 1 is 1.06 bits per heavy atom. The normalized spacial score (nSPS) is 23.3. The highest BCUT2D eigenvalue weighted by molar-refractivity contribution is 8.00. The Morgan fingerprint density at radius 3 is 2.16 bits per heavy atom. The van der Waals surface area contributed by atoms with Gasteiger partial charge in [0, 0.05) is 0 Å². The van der Waals surface area contributed by atoms with Gasteiger partial charge in [0.1, 0.15) is 5.54 Å². The van der Waals surface area contributed by atoms with Crippen molar-refractivity contribution in [2.75, 3.05) is 5.75 Å². The summed E-state index contributed by atoms with van der Waals surface area (Å²) in [6.45, 7) is 2.15. The van der Waals surface area contributed by atoms with Crippen molar-refractivity contribution in [2.45, 2.75) is 43.4 Å². The smallest absolute Gasteiger partial charge is 0.322 e. The van der Waals surface area contributed by atoms with E-state index in [4.69, 9.17) is 0 Å². The molecule has 6 nitrogen and oxygen atoms in total. The molecule has 2 aliphatic rings. The SMILES string of the molecule is CC1CCC2(CC1)NC(=O)N(NC(=O)CSC(c1ccccc1)c1ccccc1)C2=O. The third-order valence-corrected chi connectivity index (χ3v) is 7.42. The van der Waals surface area contributed by atoms with Crippen LogP contribution in [0.3, 0.4) is 0 Å². The summed E-state index contributed by atoms with van der Waals surface area (Å²) in [7, 11) is 0. The number of hydrazine groups is 1. The largest absolute Gasteiger partial charge is 0.344 e.